The standard InChI is InChI=1S/C16H19NO2/c1-12-13-5-3-4-6-14(13)15(11-16(12)18-2)17-7-9-19-10-8-17/h3-6,11H,7-10H2,1-2H3. The van der Waals surface area contributed by atoms with Crippen LogP contribution in [0.1, 0.15) is 5.56 Å². The zero-order valence-electron chi connectivity index (χ0n) is 11.5. The Bertz CT molecular complexity index is 589. The highest BCUT2D eigenvalue weighted by atomic mass is 16.5. The average Bonchev–Trinajstić information content (AvgIpc) is 2.49. The minimum absolute atomic E-state index is 0.796. The van der Waals surface area contributed by atoms with Crippen LogP contribution in [-0.2, 0) is 4.74 Å². The predicted molar refractivity (Wildman–Crippen MR) is 78.3 cm³/mol. The van der Waals surface area contributed by atoms with Gasteiger partial charge in [-0.05, 0) is 17.9 Å². The van der Waals surface area contributed by atoms with Crippen LogP contribution in [0, 0.1) is 6.92 Å². The number of rotatable bonds is 2. The molecule has 100 valence electrons. The summed E-state index contributed by atoms with van der Waals surface area (Å²) >= 11 is 0. The maximum Gasteiger partial charge on any atom is 0.124 e. The Labute approximate surface area is 113 Å². The molecule has 0 N–H and O–H groups in total. The van der Waals surface area contributed by atoms with E-state index in [9.17, 15) is 0 Å². The molecule has 1 saturated heterocycles. The van der Waals surface area contributed by atoms with Crippen molar-refractivity contribution in [1.29, 1.82) is 0 Å². The van der Waals surface area contributed by atoms with Gasteiger partial charge in [0.1, 0.15) is 5.75 Å². The molecule has 1 aliphatic heterocycles. The number of nitrogens with zero attached hydrogens (tertiary/aromatic N) is 1. The SMILES string of the molecule is COc1cc(N2CCOCC2)c2ccccc2c1C. The van der Waals surface area contributed by atoms with E-state index < -0.39 is 0 Å². The van der Waals surface area contributed by atoms with E-state index in [1.807, 2.05) is 0 Å². The maximum absolute atomic E-state index is 5.53. The fourth-order valence-corrected chi connectivity index (χ4v) is 2.75. The molecule has 3 heteroatoms. The molecule has 3 rings (SSSR count). The van der Waals surface area contributed by atoms with E-state index in [1.54, 1.807) is 7.11 Å². The fraction of sp³-hybridized carbons (Fsp3) is 0.375. The molecular weight excluding hydrogens is 238 g/mol. The average molecular weight is 257 g/mol. The fourth-order valence-electron chi connectivity index (χ4n) is 2.75. The number of fused-ring (bicyclic) bond motifs is 1. The van der Waals surface area contributed by atoms with E-state index in [-0.39, 0.29) is 0 Å². The van der Waals surface area contributed by atoms with Gasteiger partial charge >= 0.3 is 0 Å². The van der Waals surface area contributed by atoms with Gasteiger partial charge < -0.3 is 14.4 Å². The third-order valence-electron chi connectivity index (χ3n) is 3.82. The normalized spacial score (nSPS) is 15.8. The second kappa shape index (κ2) is 5.10. The van der Waals surface area contributed by atoms with Crippen LogP contribution in [0.3, 0.4) is 0 Å². The second-order valence-electron chi connectivity index (χ2n) is 4.87. The van der Waals surface area contributed by atoms with E-state index in [0.717, 1.165) is 32.1 Å². The van der Waals surface area contributed by atoms with Gasteiger partial charge in [-0.3, -0.25) is 0 Å². The smallest absolute Gasteiger partial charge is 0.124 e. The summed E-state index contributed by atoms with van der Waals surface area (Å²) in [5.41, 5.74) is 2.46. The molecule has 0 saturated carbocycles. The number of hydrogen-bond donors (Lipinski definition) is 0. The minimum atomic E-state index is 0.796. The molecule has 0 spiro atoms. The summed E-state index contributed by atoms with van der Waals surface area (Å²) in [6.07, 6.45) is 0. The molecule has 0 aliphatic carbocycles. The van der Waals surface area contributed by atoms with Crippen LogP contribution in [-0.4, -0.2) is 33.4 Å². The Morgan fingerprint density at radius 2 is 1.79 bits per heavy atom. The lowest BCUT2D eigenvalue weighted by Crippen LogP contribution is -2.36. The van der Waals surface area contributed by atoms with Gasteiger partial charge in [0.05, 0.1) is 20.3 Å². The van der Waals surface area contributed by atoms with E-state index in [4.69, 9.17) is 9.47 Å². The van der Waals surface area contributed by atoms with Crippen LogP contribution in [0.25, 0.3) is 10.8 Å². The number of methoxy groups -OCH3 is 1. The van der Waals surface area contributed by atoms with Gasteiger partial charge in [0.2, 0.25) is 0 Å². The molecule has 0 aromatic heterocycles. The molecular formula is C16H19NO2. The number of morpholine rings is 1. The summed E-state index contributed by atoms with van der Waals surface area (Å²) in [7, 11) is 1.74. The Morgan fingerprint density at radius 1 is 1.11 bits per heavy atom. The highest BCUT2D eigenvalue weighted by Crippen LogP contribution is 2.36. The molecule has 0 atom stereocenters. The Morgan fingerprint density at radius 3 is 2.47 bits per heavy atom. The van der Waals surface area contributed by atoms with Crippen molar-refractivity contribution in [3.63, 3.8) is 0 Å². The topological polar surface area (TPSA) is 21.7 Å². The van der Waals surface area contributed by atoms with Crippen LogP contribution >= 0.6 is 0 Å². The summed E-state index contributed by atoms with van der Waals surface area (Å²) < 4.78 is 11.0. The van der Waals surface area contributed by atoms with Gasteiger partial charge in [0.25, 0.3) is 0 Å². The first kappa shape index (κ1) is 12.3. The monoisotopic (exact) mass is 257 g/mol. The van der Waals surface area contributed by atoms with Crippen molar-refractivity contribution in [2.75, 3.05) is 38.3 Å². The maximum atomic E-state index is 5.53. The van der Waals surface area contributed by atoms with E-state index in [1.165, 1.54) is 22.0 Å². The lowest BCUT2D eigenvalue weighted by molar-refractivity contribution is 0.123. The summed E-state index contributed by atoms with van der Waals surface area (Å²) in [5.74, 6) is 0.959. The summed E-state index contributed by atoms with van der Waals surface area (Å²) in [6.45, 7) is 5.59. The lowest BCUT2D eigenvalue weighted by atomic mass is 10.0. The van der Waals surface area contributed by atoms with Crippen LogP contribution in [0.2, 0.25) is 0 Å². The van der Waals surface area contributed by atoms with Crippen molar-refractivity contribution in [1.82, 2.24) is 0 Å². The van der Waals surface area contributed by atoms with Gasteiger partial charge in [-0.15, -0.1) is 0 Å². The molecule has 1 aliphatic rings. The first-order valence-electron chi connectivity index (χ1n) is 6.70. The molecule has 0 unspecified atom stereocenters. The molecule has 2 aromatic rings. The van der Waals surface area contributed by atoms with Crippen molar-refractivity contribution < 1.29 is 9.47 Å². The third kappa shape index (κ3) is 2.15. The van der Waals surface area contributed by atoms with Gasteiger partial charge in [-0.25, -0.2) is 0 Å². The first-order chi connectivity index (χ1) is 9.31. The van der Waals surface area contributed by atoms with Crippen molar-refractivity contribution in [3.05, 3.63) is 35.9 Å². The van der Waals surface area contributed by atoms with Gasteiger partial charge in [-0.2, -0.15) is 0 Å². The minimum Gasteiger partial charge on any atom is -0.496 e. The highest BCUT2D eigenvalue weighted by molar-refractivity contribution is 5.98. The zero-order chi connectivity index (χ0) is 13.2. The Balaban J connectivity index is 2.19. The molecule has 3 nitrogen and oxygen atoms in total. The molecule has 0 bridgehead atoms. The van der Waals surface area contributed by atoms with Crippen molar-refractivity contribution in [2.24, 2.45) is 0 Å². The molecule has 19 heavy (non-hydrogen) atoms. The van der Waals surface area contributed by atoms with Crippen LogP contribution < -0.4 is 9.64 Å². The van der Waals surface area contributed by atoms with Crippen LogP contribution in [0.5, 0.6) is 5.75 Å². The molecule has 0 amide bonds. The Kier molecular flexibility index (Phi) is 3.30. The molecule has 2 aromatic carbocycles. The first-order valence-corrected chi connectivity index (χ1v) is 6.70. The summed E-state index contributed by atoms with van der Waals surface area (Å²) in [5, 5.41) is 2.56. The van der Waals surface area contributed by atoms with Gasteiger partial charge in [0, 0.05) is 30.2 Å². The number of benzene rings is 2. The van der Waals surface area contributed by atoms with Gasteiger partial charge in [-0.1, -0.05) is 24.3 Å². The Hall–Kier alpha value is -1.74. The third-order valence-corrected chi connectivity index (χ3v) is 3.82. The van der Waals surface area contributed by atoms with Crippen LogP contribution in [0.15, 0.2) is 30.3 Å². The lowest BCUT2D eigenvalue weighted by Gasteiger charge is -2.30. The molecule has 1 fully saturated rings. The summed E-state index contributed by atoms with van der Waals surface area (Å²) in [6, 6.07) is 10.7. The molecule has 0 radical (unpaired) electrons. The zero-order valence-corrected chi connectivity index (χ0v) is 11.5. The van der Waals surface area contributed by atoms with Crippen molar-refractivity contribution in [2.45, 2.75) is 6.92 Å². The summed E-state index contributed by atoms with van der Waals surface area (Å²) in [4.78, 5) is 2.38. The number of aryl methyl sites for hydroxylation is 1. The quantitative estimate of drug-likeness (QED) is 0.825. The number of hydrogen-bond acceptors (Lipinski definition) is 3. The van der Waals surface area contributed by atoms with E-state index >= 15 is 0 Å². The molecule has 1 heterocycles. The van der Waals surface area contributed by atoms with E-state index in [0.29, 0.717) is 0 Å². The highest BCUT2D eigenvalue weighted by Gasteiger charge is 2.16. The van der Waals surface area contributed by atoms with Crippen molar-refractivity contribution >= 4 is 16.5 Å². The van der Waals surface area contributed by atoms with Crippen LogP contribution in [0.4, 0.5) is 5.69 Å². The number of ether oxygens (including phenoxy) is 2. The largest absolute Gasteiger partial charge is 0.496 e. The second-order valence-corrected chi connectivity index (χ2v) is 4.87. The van der Waals surface area contributed by atoms with E-state index in [2.05, 4.69) is 42.2 Å². The predicted octanol–water partition coefficient (Wildman–Crippen LogP) is 2.99. The van der Waals surface area contributed by atoms with Gasteiger partial charge in [0.15, 0.2) is 0 Å². The number of anilines is 1. The van der Waals surface area contributed by atoms with Crippen molar-refractivity contribution in [3.8, 4) is 5.75 Å².